The number of anilines is 1. The molecule has 1 aromatic rings. The Bertz CT molecular complexity index is 258. The lowest BCUT2D eigenvalue weighted by Gasteiger charge is -2.15. The predicted octanol–water partition coefficient (Wildman–Crippen LogP) is 1.26. The van der Waals surface area contributed by atoms with Gasteiger partial charge in [0.1, 0.15) is 0 Å². The number of urea groups is 1. The quantitative estimate of drug-likeness (QED) is 0.664. The lowest BCUT2D eigenvalue weighted by molar-refractivity contribution is 0.249. The second kappa shape index (κ2) is 3.76. The summed E-state index contributed by atoms with van der Waals surface area (Å²) in [6.45, 7) is 0. The van der Waals surface area contributed by atoms with Gasteiger partial charge in [0, 0.05) is 19.8 Å². The minimum absolute atomic E-state index is 0.130. The second-order valence-electron chi connectivity index (χ2n) is 2.38. The van der Waals surface area contributed by atoms with E-state index in [1.54, 1.807) is 26.2 Å². The molecule has 1 aromatic carbocycles. The number of hydrogen-bond acceptors (Lipinski definition) is 1. The third-order valence-corrected chi connectivity index (χ3v) is 1.60. The minimum atomic E-state index is -0.130. The first kappa shape index (κ1) is 8.59. The van der Waals surface area contributed by atoms with Crippen LogP contribution in [0.25, 0.3) is 0 Å². The van der Waals surface area contributed by atoms with Crippen LogP contribution in [0, 0.1) is 6.07 Å². The summed E-state index contributed by atoms with van der Waals surface area (Å²) in [5, 5.41) is 2.54. The van der Waals surface area contributed by atoms with Gasteiger partial charge in [-0.1, -0.05) is 12.1 Å². The van der Waals surface area contributed by atoms with Gasteiger partial charge in [-0.25, -0.2) is 4.79 Å². The molecule has 0 heterocycles. The number of benzene rings is 1. The summed E-state index contributed by atoms with van der Waals surface area (Å²) < 4.78 is 0. The van der Waals surface area contributed by atoms with Crippen molar-refractivity contribution in [1.29, 1.82) is 0 Å². The van der Waals surface area contributed by atoms with E-state index in [2.05, 4.69) is 11.4 Å². The summed E-state index contributed by atoms with van der Waals surface area (Å²) in [6, 6.07) is 10.0. The first-order valence-corrected chi connectivity index (χ1v) is 3.67. The number of rotatable bonds is 1. The summed E-state index contributed by atoms with van der Waals surface area (Å²) in [7, 11) is 3.31. The van der Waals surface area contributed by atoms with Crippen LogP contribution in [0.5, 0.6) is 0 Å². The molecule has 63 valence electrons. The topological polar surface area (TPSA) is 32.3 Å². The van der Waals surface area contributed by atoms with Gasteiger partial charge in [0.15, 0.2) is 0 Å². The van der Waals surface area contributed by atoms with E-state index in [1.807, 2.05) is 12.1 Å². The average molecular weight is 163 g/mol. The highest BCUT2D eigenvalue weighted by Crippen LogP contribution is 2.09. The molecule has 1 N–H and O–H groups in total. The molecular formula is C9H11N2O. The molecule has 2 amide bonds. The number of carbonyl (C=O) groups is 1. The van der Waals surface area contributed by atoms with Crippen LogP contribution in [0.15, 0.2) is 24.3 Å². The van der Waals surface area contributed by atoms with Crippen LogP contribution in [-0.2, 0) is 0 Å². The lowest BCUT2D eigenvalue weighted by Crippen LogP contribution is -2.34. The molecule has 12 heavy (non-hydrogen) atoms. The largest absolute Gasteiger partial charge is 0.341 e. The highest BCUT2D eigenvalue weighted by molar-refractivity contribution is 5.90. The zero-order chi connectivity index (χ0) is 8.97. The number of nitrogens with zero attached hydrogens (tertiary/aromatic N) is 1. The molecule has 3 nitrogen and oxygen atoms in total. The number of amides is 2. The monoisotopic (exact) mass is 163 g/mol. The Morgan fingerprint density at radius 2 is 2.42 bits per heavy atom. The molecule has 0 unspecified atom stereocenters. The molecule has 0 bridgehead atoms. The molecule has 0 atom stereocenters. The molecule has 1 rings (SSSR count). The molecule has 0 aromatic heterocycles. The SMILES string of the molecule is CNC(=O)N(C)c1c[c]ccc1. The Balaban J connectivity index is 2.78. The van der Waals surface area contributed by atoms with Crippen LogP contribution < -0.4 is 10.2 Å². The van der Waals surface area contributed by atoms with Crippen LogP contribution in [0.2, 0.25) is 0 Å². The highest BCUT2D eigenvalue weighted by atomic mass is 16.2. The van der Waals surface area contributed by atoms with Crippen molar-refractivity contribution >= 4 is 11.7 Å². The van der Waals surface area contributed by atoms with Crippen molar-refractivity contribution < 1.29 is 4.79 Å². The summed E-state index contributed by atoms with van der Waals surface area (Å²) in [6.07, 6.45) is 0. The molecule has 1 radical (unpaired) electrons. The van der Waals surface area contributed by atoms with Crippen molar-refractivity contribution in [1.82, 2.24) is 5.32 Å². The van der Waals surface area contributed by atoms with Gasteiger partial charge in [-0.15, -0.1) is 0 Å². The van der Waals surface area contributed by atoms with Crippen molar-refractivity contribution in [2.45, 2.75) is 0 Å². The van der Waals surface area contributed by atoms with Crippen molar-refractivity contribution in [3.05, 3.63) is 30.3 Å². The molecule has 0 aliphatic rings. The fraction of sp³-hybridized carbons (Fsp3) is 0.222. The molecule has 3 heteroatoms. The van der Waals surface area contributed by atoms with Crippen LogP contribution in [0.3, 0.4) is 0 Å². The fourth-order valence-corrected chi connectivity index (χ4v) is 0.877. The Hall–Kier alpha value is -1.51. The first-order chi connectivity index (χ1) is 5.75. The normalized spacial score (nSPS) is 9.17. The standard InChI is InChI=1S/C9H11N2O/c1-10-9(12)11(2)8-6-4-3-5-7-8/h3-4,6-7H,1-2H3,(H,10,12). The summed E-state index contributed by atoms with van der Waals surface area (Å²) in [5.41, 5.74) is 0.830. The van der Waals surface area contributed by atoms with Crippen molar-refractivity contribution in [2.75, 3.05) is 19.0 Å². The second-order valence-corrected chi connectivity index (χ2v) is 2.38. The molecule has 0 aliphatic carbocycles. The number of carbonyl (C=O) groups excluding carboxylic acids is 1. The molecule has 0 spiro atoms. The Labute approximate surface area is 72.0 Å². The Morgan fingerprint density at radius 3 is 2.92 bits per heavy atom. The molecule has 0 saturated carbocycles. The van der Waals surface area contributed by atoms with Gasteiger partial charge in [0.2, 0.25) is 0 Å². The zero-order valence-electron chi connectivity index (χ0n) is 7.16. The van der Waals surface area contributed by atoms with Gasteiger partial charge >= 0.3 is 6.03 Å². The Morgan fingerprint density at radius 1 is 1.67 bits per heavy atom. The summed E-state index contributed by atoms with van der Waals surface area (Å²) in [4.78, 5) is 12.6. The van der Waals surface area contributed by atoms with Crippen molar-refractivity contribution in [3.63, 3.8) is 0 Å². The van der Waals surface area contributed by atoms with Crippen molar-refractivity contribution in [2.24, 2.45) is 0 Å². The van der Waals surface area contributed by atoms with E-state index in [-0.39, 0.29) is 6.03 Å². The molecular weight excluding hydrogens is 152 g/mol. The highest BCUT2D eigenvalue weighted by Gasteiger charge is 2.06. The van der Waals surface area contributed by atoms with Gasteiger partial charge in [-0.3, -0.25) is 4.90 Å². The van der Waals surface area contributed by atoms with Gasteiger partial charge in [-0.2, -0.15) is 0 Å². The third-order valence-electron chi connectivity index (χ3n) is 1.60. The zero-order valence-corrected chi connectivity index (χ0v) is 7.16. The maximum atomic E-state index is 11.1. The fourth-order valence-electron chi connectivity index (χ4n) is 0.877. The van der Waals surface area contributed by atoms with E-state index in [9.17, 15) is 4.79 Å². The predicted molar refractivity (Wildman–Crippen MR) is 48.1 cm³/mol. The van der Waals surface area contributed by atoms with E-state index in [0.717, 1.165) is 5.69 Å². The molecule has 0 fully saturated rings. The van der Waals surface area contributed by atoms with Crippen LogP contribution in [0.1, 0.15) is 0 Å². The maximum absolute atomic E-state index is 11.1. The van der Waals surface area contributed by atoms with E-state index in [0.29, 0.717) is 0 Å². The van der Waals surface area contributed by atoms with Gasteiger partial charge in [0.25, 0.3) is 0 Å². The van der Waals surface area contributed by atoms with Gasteiger partial charge in [0.05, 0.1) is 0 Å². The number of hydrogen-bond donors (Lipinski definition) is 1. The molecule has 0 saturated heterocycles. The Kier molecular flexibility index (Phi) is 2.69. The van der Waals surface area contributed by atoms with Gasteiger partial charge < -0.3 is 5.32 Å². The van der Waals surface area contributed by atoms with Crippen LogP contribution in [-0.4, -0.2) is 20.1 Å². The first-order valence-electron chi connectivity index (χ1n) is 3.67. The van der Waals surface area contributed by atoms with E-state index in [1.165, 1.54) is 4.90 Å². The summed E-state index contributed by atoms with van der Waals surface area (Å²) in [5.74, 6) is 0. The lowest BCUT2D eigenvalue weighted by atomic mass is 10.3. The van der Waals surface area contributed by atoms with E-state index < -0.39 is 0 Å². The third kappa shape index (κ3) is 1.75. The van der Waals surface area contributed by atoms with Gasteiger partial charge in [-0.05, 0) is 18.2 Å². The van der Waals surface area contributed by atoms with Crippen LogP contribution in [0.4, 0.5) is 10.5 Å². The average Bonchev–Trinajstić information content (AvgIpc) is 2.17. The van der Waals surface area contributed by atoms with Crippen molar-refractivity contribution in [3.8, 4) is 0 Å². The van der Waals surface area contributed by atoms with Crippen LogP contribution >= 0.6 is 0 Å². The summed E-state index contributed by atoms with van der Waals surface area (Å²) >= 11 is 0. The van der Waals surface area contributed by atoms with E-state index >= 15 is 0 Å². The smallest absolute Gasteiger partial charge is 0.321 e. The molecule has 0 aliphatic heterocycles. The maximum Gasteiger partial charge on any atom is 0.321 e. The minimum Gasteiger partial charge on any atom is -0.341 e. The number of nitrogens with one attached hydrogen (secondary N) is 1. The van der Waals surface area contributed by atoms with E-state index in [4.69, 9.17) is 0 Å².